The van der Waals surface area contributed by atoms with E-state index in [0.717, 1.165) is 10.8 Å². The van der Waals surface area contributed by atoms with Crippen molar-refractivity contribution in [2.24, 2.45) is 0 Å². The van der Waals surface area contributed by atoms with Crippen molar-refractivity contribution < 1.29 is 13.5 Å². The standard InChI is InChI=1S/C16H21NO3S/c1-13(2)17(10-5-11-18)21(19,20)16-9-8-14-6-3-4-7-15(14)12-16/h3-4,6-9,12-13,18H,5,10-11H2,1-2H3. The molecule has 2 rings (SSSR count). The van der Waals surface area contributed by atoms with E-state index in [-0.39, 0.29) is 12.6 Å². The molecule has 0 saturated carbocycles. The van der Waals surface area contributed by atoms with E-state index < -0.39 is 10.0 Å². The van der Waals surface area contributed by atoms with Crippen molar-refractivity contribution in [3.05, 3.63) is 42.5 Å². The molecule has 0 unspecified atom stereocenters. The largest absolute Gasteiger partial charge is 0.396 e. The van der Waals surface area contributed by atoms with E-state index in [0.29, 0.717) is 17.9 Å². The van der Waals surface area contributed by atoms with Crippen LogP contribution in [0.3, 0.4) is 0 Å². The molecule has 0 radical (unpaired) electrons. The van der Waals surface area contributed by atoms with Crippen LogP contribution >= 0.6 is 0 Å². The second-order valence-electron chi connectivity index (χ2n) is 5.30. The average molecular weight is 307 g/mol. The summed E-state index contributed by atoms with van der Waals surface area (Å²) >= 11 is 0. The summed E-state index contributed by atoms with van der Waals surface area (Å²) in [5.74, 6) is 0. The van der Waals surface area contributed by atoms with Gasteiger partial charge in [-0.3, -0.25) is 0 Å². The van der Waals surface area contributed by atoms with Gasteiger partial charge in [0.05, 0.1) is 4.90 Å². The highest BCUT2D eigenvalue weighted by atomic mass is 32.2. The van der Waals surface area contributed by atoms with Gasteiger partial charge >= 0.3 is 0 Å². The van der Waals surface area contributed by atoms with Crippen LogP contribution in [-0.2, 0) is 10.0 Å². The summed E-state index contributed by atoms with van der Waals surface area (Å²) in [5.41, 5.74) is 0. The first-order chi connectivity index (χ1) is 9.96. The smallest absolute Gasteiger partial charge is 0.243 e. The molecule has 0 bridgehead atoms. The second kappa shape index (κ2) is 6.56. The molecular weight excluding hydrogens is 286 g/mol. The third-order valence-electron chi connectivity index (χ3n) is 3.44. The number of aliphatic hydroxyl groups is 1. The fraction of sp³-hybridized carbons (Fsp3) is 0.375. The van der Waals surface area contributed by atoms with Crippen LogP contribution < -0.4 is 0 Å². The zero-order chi connectivity index (χ0) is 15.5. The first-order valence-corrected chi connectivity index (χ1v) is 8.52. The zero-order valence-electron chi connectivity index (χ0n) is 12.4. The highest BCUT2D eigenvalue weighted by Crippen LogP contribution is 2.23. The molecule has 0 spiro atoms. The molecule has 4 nitrogen and oxygen atoms in total. The number of sulfonamides is 1. The van der Waals surface area contributed by atoms with Gasteiger partial charge in [0.15, 0.2) is 0 Å². The van der Waals surface area contributed by atoms with Crippen LogP contribution in [0.25, 0.3) is 10.8 Å². The van der Waals surface area contributed by atoms with Crippen LogP contribution in [0.2, 0.25) is 0 Å². The Hall–Kier alpha value is -1.43. The summed E-state index contributed by atoms with van der Waals surface area (Å²) in [6.07, 6.45) is 0.436. The van der Waals surface area contributed by atoms with Crippen molar-refractivity contribution >= 4 is 20.8 Å². The molecule has 0 saturated heterocycles. The predicted octanol–water partition coefficient (Wildman–Crippen LogP) is 2.62. The molecule has 0 heterocycles. The molecular formula is C16H21NO3S. The summed E-state index contributed by atoms with van der Waals surface area (Å²) in [7, 11) is -3.54. The molecule has 5 heteroatoms. The number of fused-ring (bicyclic) bond motifs is 1. The Morgan fingerprint density at radius 2 is 1.76 bits per heavy atom. The van der Waals surface area contributed by atoms with Crippen LogP contribution in [0.5, 0.6) is 0 Å². The third-order valence-corrected chi connectivity index (χ3v) is 5.51. The zero-order valence-corrected chi connectivity index (χ0v) is 13.2. The molecule has 114 valence electrons. The summed E-state index contributed by atoms with van der Waals surface area (Å²) in [6.45, 7) is 3.99. The molecule has 0 fully saturated rings. The maximum Gasteiger partial charge on any atom is 0.243 e. The van der Waals surface area contributed by atoms with E-state index in [2.05, 4.69) is 0 Å². The van der Waals surface area contributed by atoms with Crippen molar-refractivity contribution in [1.29, 1.82) is 0 Å². The Bertz CT molecular complexity index is 710. The van der Waals surface area contributed by atoms with Gasteiger partial charge in [-0.25, -0.2) is 8.42 Å². The van der Waals surface area contributed by atoms with E-state index in [1.165, 1.54) is 4.31 Å². The van der Waals surface area contributed by atoms with Gasteiger partial charge in [-0.15, -0.1) is 0 Å². The molecule has 2 aromatic rings. The lowest BCUT2D eigenvalue weighted by Gasteiger charge is -2.25. The average Bonchev–Trinajstić information content (AvgIpc) is 2.46. The number of hydrogen-bond acceptors (Lipinski definition) is 3. The molecule has 2 aromatic carbocycles. The van der Waals surface area contributed by atoms with Gasteiger partial charge in [-0.2, -0.15) is 4.31 Å². The van der Waals surface area contributed by atoms with E-state index >= 15 is 0 Å². The molecule has 21 heavy (non-hydrogen) atoms. The monoisotopic (exact) mass is 307 g/mol. The molecule has 0 atom stereocenters. The van der Waals surface area contributed by atoms with Crippen molar-refractivity contribution in [2.75, 3.05) is 13.2 Å². The quantitative estimate of drug-likeness (QED) is 0.892. The molecule has 1 N–H and O–H groups in total. The van der Waals surface area contributed by atoms with Gasteiger partial charge in [0.2, 0.25) is 10.0 Å². The van der Waals surface area contributed by atoms with E-state index in [1.807, 2.05) is 44.2 Å². The number of rotatable bonds is 6. The number of hydrogen-bond donors (Lipinski definition) is 1. The van der Waals surface area contributed by atoms with Gasteiger partial charge in [0, 0.05) is 19.2 Å². The summed E-state index contributed by atoms with van der Waals surface area (Å²) < 4.78 is 27.0. The summed E-state index contributed by atoms with van der Waals surface area (Å²) in [6, 6.07) is 12.7. The Kier molecular flexibility index (Phi) is 4.98. The minimum atomic E-state index is -3.54. The number of aliphatic hydroxyl groups excluding tert-OH is 1. The maximum atomic E-state index is 12.8. The Morgan fingerprint density at radius 3 is 2.38 bits per heavy atom. The fourth-order valence-corrected chi connectivity index (χ4v) is 4.06. The van der Waals surface area contributed by atoms with Crippen molar-refractivity contribution in [3.8, 4) is 0 Å². The lowest BCUT2D eigenvalue weighted by molar-refractivity contribution is 0.258. The van der Waals surface area contributed by atoms with Crippen molar-refractivity contribution in [2.45, 2.75) is 31.2 Å². The normalized spacial score (nSPS) is 12.4. The van der Waals surface area contributed by atoms with Crippen LogP contribution in [0.4, 0.5) is 0 Å². The summed E-state index contributed by atoms with van der Waals surface area (Å²) in [5, 5.41) is 10.9. The van der Waals surface area contributed by atoms with Gasteiger partial charge in [-0.1, -0.05) is 30.3 Å². The molecule has 0 aliphatic heterocycles. The molecule has 0 aliphatic rings. The van der Waals surface area contributed by atoms with Crippen LogP contribution in [0, 0.1) is 0 Å². The minimum Gasteiger partial charge on any atom is -0.396 e. The lowest BCUT2D eigenvalue weighted by atomic mass is 10.1. The highest BCUT2D eigenvalue weighted by Gasteiger charge is 2.26. The van der Waals surface area contributed by atoms with Gasteiger partial charge < -0.3 is 5.11 Å². The topological polar surface area (TPSA) is 57.6 Å². The SMILES string of the molecule is CC(C)N(CCCO)S(=O)(=O)c1ccc2ccccc2c1. The number of nitrogens with zero attached hydrogens (tertiary/aromatic N) is 1. The Morgan fingerprint density at radius 1 is 1.10 bits per heavy atom. The van der Waals surface area contributed by atoms with Crippen LogP contribution in [0.1, 0.15) is 20.3 Å². The number of benzene rings is 2. The van der Waals surface area contributed by atoms with Gasteiger partial charge in [0.25, 0.3) is 0 Å². The second-order valence-corrected chi connectivity index (χ2v) is 7.19. The fourth-order valence-electron chi connectivity index (χ4n) is 2.35. The van der Waals surface area contributed by atoms with Crippen molar-refractivity contribution in [1.82, 2.24) is 4.31 Å². The first-order valence-electron chi connectivity index (χ1n) is 7.08. The van der Waals surface area contributed by atoms with Crippen molar-refractivity contribution in [3.63, 3.8) is 0 Å². The first kappa shape index (κ1) is 15.9. The third kappa shape index (κ3) is 3.43. The van der Waals surface area contributed by atoms with E-state index in [9.17, 15) is 8.42 Å². The predicted molar refractivity (Wildman–Crippen MR) is 84.7 cm³/mol. The Balaban J connectivity index is 2.43. The van der Waals surface area contributed by atoms with Gasteiger partial charge in [-0.05, 0) is 43.2 Å². The lowest BCUT2D eigenvalue weighted by Crippen LogP contribution is -2.38. The maximum absolute atomic E-state index is 12.8. The molecule has 0 amide bonds. The summed E-state index contributed by atoms with van der Waals surface area (Å²) in [4.78, 5) is 0.299. The van der Waals surface area contributed by atoms with E-state index in [1.54, 1.807) is 12.1 Å². The van der Waals surface area contributed by atoms with Crippen LogP contribution in [-0.4, -0.2) is 37.0 Å². The van der Waals surface area contributed by atoms with Crippen LogP contribution in [0.15, 0.2) is 47.4 Å². The minimum absolute atomic E-state index is 0.0174. The Labute approximate surface area is 126 Å². The van der Waals surface area contributed by atoms with Gasteiger partial charge in [0.1, 0.15) is 0 Å². The molecule has 0 aromatic heterocycles. The highest BCUT2D eigenvalue weighted by molar-refractivity contribution is 7.89. The van der Waals surface area contributed by atoms with E-state index in [4.69, 9.17) is 5.11 Å². The molecule has 0 aliphatic carbocycles.